The van der Waals surface area contributed by atoms with Crippen LogP contribution < -0.4 is 10.1 Å². The van der Waals surface area contributed by atoms with Gasteiger partial charge in [0.15, 0.2) is 11.6 Å². The molecule has 0 aliphatic rings. The molecule has 0 saturated heterocycles. The van der Waals surface area contributed by atoms with E-state index in [2.05, 4.69) is 15.3 Å². The van der Waals surface area contributed by atoms with E-state index in [0.717, 1.165) is 13.0 Å². The lowest BCUT2D eigenvalue weighted by Gasteiger charge is -2.07. The van der Waals surface area contributed by atoms with Crippen LogP contribution in [0.2, 0.25) is 0 Å². The molecule has 0 saturated carbocycles. The summed E-state index contributed by atoms with van der Waals surface area (Å²) in [6.07, 6.45) is 2.54. The lowest BCUT2D eigenvalue weighted by atomic mass is 10.3. The number of rotatable bonds is 5. The summed E-state index contributed by atoms with van der Waals surface area (Å²) in [6.45, 7) is 2.83. The first-order chi connectivity index (χ1) is 8.79. The highest BCUT2D eigenvalue weighted by Crippen LogP contribution is 2.22. The van der Waals surface area contributed by atoms with Crippen molar-refractivity contribution in [2.24, 2.45) is 0 Å². The molecule has 1 aromatic heterocycles. The van der Waals surface area contributed by atoms with Crippen molar-refractivity contribution in [3.05, 3.63) is 42.3 Å². The zero-order valence-corrected chi connectivity index (χ0v) is 10.1. The van der Waals surface area contributed by atoms with E-state index in [0.29, 0.717) is 11.8 Å². The van der Waals surface area contributed by atoms with Gasteiger partial charge in [-0.2, -0.15) is 4.98 Å². The highest BCUT2D eigenvalue weighted by atomic mass is 19.1. The molecule has 0 unspecified atom stereocenters. The van der Waals surface area contributed by atoms with E-state index in [1.54, 1.807) is 30.5 Å². The Bertz CT molecular complexity index is 519. The van der Waals surface area contributed by atoms with E-state index in [1.165, 1.54) is 6.07 Å². The molecular formula is C13H14FN3O. The van der Waals surface area contributed by atoms with E-state index in [4.69, 9.17) is 4.74 Å². The number of anilines is 1. The van der Waals surface area contributed by atoms with Crippen molar-refractivity contribution in [3.63, 3.8) is 0 Å². The molecule has 1 N–H and O–H groups in total. The molecule has 0 radical (unpaired) electrons. The normalized spacial score (nSPS) is 10.1. The third-order valence-electron chi connectivity index (χ3n) is 2.21. The number of halogens is 1. The molecule has 0 fully saturated rings. The van der Waals surface area contributed by atoms with Gasteiger partial charge < -0.3 is 10.1 Å². The average molecular weight is 247 g/mol. The van der Waals surface area contributed by atoms with Gasteiger partial charge in [0.2, 0.25) is 11.8 Å². The molecule has 0 spiro atoms. The largest absolute Gasteiger partial charge is 0.436 e. The number of aromatic nitrogens is 2. The molecule has 18 heavy (non-hydrogen) atoms. The fraction of sp³-hybridized carbons (Fsp3) is 0.231. The summed E-state index contributed by atoms with van der Waals surface area (Å²) in [6, 6.07) is 7.79. The van der Waals surface area contributed by atoms with Crippen LogP contribution in [0.1, 0.15) is 13.3 Å². The molecule has 1 aromatic carbocycles. The van der Waals surface area contributed by atoms with Crippen LogP contribution in [0.25, 0.3) is 0 Å². The fourth-order valence-corrected chi connectivity index (χ4v) is 1.36. The van der Waals surface area contributed by atoms with Crippen molar-refractivity contribution in [1.82, 2.24) is 9.97 Å². The van der Waals surface area contributed by atoms with Crippen LogP contribution in [0.3, 0.4) is 0 Å². The van der Waals surface area contributed by atoms with E-state index in [9.17, 15) is 4.39 Å². The van der Waals surface area contributed by atoms with Crippen molar-refractivity contribution in [3.8, 4) is 11.6 Å². The van der Waals surface area contributed by atoms with Crippen LogP contribution in [-0.2, 0) is 0 Å². The first-order valence-electron chi connectivity index (χ1n) is 5.79. The molecule has 0 amide bonds. The van der Waals surface area contributed by atoms with Crippen LogP contribution in [0.15, 0.2) is 36.5 Å². The molecule has 5 heteroatoms. The molecule has 0 aliphatic heterocycles. The maximum absolute atomic E-state index is 13.4. The second-order valence-corrected chi connectivity index (χ2v) is 3.68. The van der Waals surface area contributed by atoms with Crippen LogP contribution >= 0.6 is 0 Å². The Hall–Kier alpha value is -2.17. The molecule has 2 rings (SSSR count). The van der Waals surface area contributed by atoms with E-state index in [-0.39, 0.29) is 5.75 Å². The van der Waals surface area contributed by atoms with Crippen LogP contribution in [0, 0.1) is 5.82 Å². The number of nitrogens with one attached hydrogen (secondary N) is 1. The van der Waals surface area contributed by atoms with Crippen molar-refractivity contribution >= 4 is 5.95 Å². The molecule has 0 bridgehead atoms. The van der Waals surface area contributed by atoms with Gasteiger partial charge in [-0.25, -0.2) is 9.37 Å². The molecule has 4 nitrogen and oxygen atoms in total. The summed E-state index contributed by atoms with van der Waals surface area (Å²) < 4.78 is 18.8. The smallest absolute Gasteiger partial charge is 0.225 e. The number of ether oxygens (including phenoxy) is 1. The number of hydrogen-bond donors (Lipinski definition) is 1. The third kappa shape index (κ3) is 3.16. The van der Waals surface area contributed by atoms with Gasteiger partial charge in [0, 0.05) is 18.8 Å². The first kappa shape index (κ1) is 12.3. The zero-order valence-electron chi connectivity index (χ0n) is 10.1. The van der Waals surface area contributed by atoms with Crippen molar-refractivity contribution in [2.75, 3.05) is 11.9 Å². The summed E-state index contributed by atoms with van der Waals surface area (Å²) in [4.78, 5) is 8.18. The predicted molar refractivity (Wildman–Crippen MR) is 67.3 cm³/mol. The summed E-state index contributed by atoms with van der Waals surface area (Å²) in [5.74, 6) is 0.524. The number of hydrogen-bond acceptors (Lipinski definition) is 4. The quantitative estimate of drug-likeness (QED) is 0.881. The van der Waals surface area contributed by atoms with Crippen molar-refractivity contribution in [1.29, 1.82) is 0 Å². The van der Waals surface area contributed by atoms with Gasteiger partial charge in [-0.15, -0.1) is 0 Å². The van der Waals surface area contributed by atoms with Gasteiger partial charge >= 0.3 is 0 Å². The van der Waals surface area contributed by atoms with Gasteiger partial charge in [0.25, 0.3) is 0 Å². The highest BCUT2D eigenvalue weighted by molar-refractivity contribution is 5.32. The van der Waals surface area contributed by atoms with Crippen LogP contribution in [0.4, 0.5) is 10.3 Å². The topological polar surface area (TPSA) is 47.0 Å². The van der Waals surface area contributed by atoms with Gasteiger partial charge in [-0.1, -0.05) is 19.1 Å². The lowest BCUT2D eigenvalue weighted by molar-refractivity contribution is 0.427. The average Bonchev–Trinajstić information content (AvgIpc) is 2.40. The van der Waals surface area contributed by atoms with Crippen molar-refractivity contribution in [2.45, 2.75) is 13.3 Å². The van der Waals surface area contributed by atoms with Crippen molar-refractivity contribution < 1.29 is 9.13 Å². The SMILES string of the molecule is CCCNc1nccc(Oc2ccccc2F)n1. The zero-order chi connectivity index (χ0) is 12.8. The summed E-state index contributed by atoms with van der Waals surface area (Å²) in [7, 11) is 0. The van der Waals surface area contributed by atoms with Gasteiger partial charge in [0.1, 0.15) is 0 Å². The first-order valence-corrected chi connectivity index (χ1v) is 5.79. The lowest BCUT2D eigenvalue weighted by Crippen LogP contribution is -2.04. The number of benzene rings is 1. The van der Waals surface area contributed by atoms with Gasteiger partial charge in [-0.05, 0) is 18.6 Å². The maximum Gasteiger partial charge on any atom is 0.225 e. The second-order valence-electron chi connectivity index (χ2n) is 3.68. The Morgan fingerprint density at radius 1 is 1.28 bits per heavy atom. The van der Waals surface area contributed by atoms with E-state index in [1.807, 2.05) is 6.92 Å². The van der Waals surface area contributed by atoms with Gasteiger partial charge in [-0.3, -0.25) is 0 Å². The molecular weight excluding hydrogens is 233 g/mol. The molecule has 94 valence electrons. The second kappa shape index (κ2) is 5.95. The van der Waals surface area contributed by atoms with Crippen LogP contribution in [-0.4, -0.2) is 16.5 Å². The minimum Gasteiger partial charge on any atom is -0.436 e. The summed E-state index contributed by atoms with van der Waals surface area (Å²) >= 11 is 0. The van der Waals surface area contributed by atoms with E-state index < -0.39 is 5.82 Å². The summed E-state index contributed by atoms with van der Waals surface area (Å²) in [5.41, 5.74) is 0. The molecule has 0 aliphatic carbocycles. The standard InChI is InChI=1S/C13H14FN3O/c1-2-8-15-13-16-9-7-12(17-13)18-11-6-4-3-5-10(11)14/h3-7,9H,2,8H2,1H3,(H,15,16,17). The number of nitrogens with zero attached hydrogens (tertiary/aromatic N) is 2. The molecule has 1 heterocycles. The molecule has 0 atom stereocenters. The minimum atomic E-state index is -0.417. The molecule has 2 aromatic rings. The predicted octanol–water partition coefficient (Wildman–Crippen LogP) is 3.23. The Morgan fingerprint density at radius 2 is 2.11 bits per heavy atom. The number of para-hydroxylation sites is 1. The maximum atomic E-state index is 13.4. The van der Waals surface area contributed by atoms with Crippen LogP contribution in [0.5, 0.6) is 11.6 Å². The van der Waals surface area contributed by atoms with E-state index >= 15 is 0 Å². The fourth-order valence-electron chi connectivity index (χ4n) is 1.36. The summed E-state index contributed by atoms with van der Waals surface area (Å²) in [5, 5.41) is 3.04. The highest BCUT2D eigenvalue weighted by Gasteiger charge is 2.05. The monoisotopic (exact) mass is 247 g/mol. The Balaban J connectivity index is 2.12. The Kier molecular flexibility index (Phi) is 4.06. The Morgan fingerprint density at radius 3 is 2.89 bits per heavy atom. The Labute approximate surface area is 105 Å². The minimum absolute atomic E-state index is 0.151. The van der Waals surface area contributed by atoms with Gasteiger partial charge in [0.05, 0.1) is 0 Å². The third-order valence-corrected chi connectivity index (χ3v) is 2.21.